The van der Waals surface area contributed by atoms with E-state index in [2.05, 4.69) is 53.6 Å². The number of hydrogen-bond donors (Lipinski definition) is 2. The van der Waals surface area contributed by atoms with Gasteiger partial charge in [0, 0.05) is 25.7 Å². The average Bonchev–Trinajstić information content (AvgIpc) is 3.30. The van der Waals surface area contributed by atoms with Gasteiger partial charge in [0.15, 0.2) is 5.96 Å². The molecular weight excluding hydrogens is 517 g/mol. The smallest absolute Gasteiger partial charge is 0.409 e. The van der Waals surface area contributed by atoms with Gasteiger partial charge in [-0.3, -0.25) is 9.89 Å². The van der Waals surface area contributed by atoms with Crippen molar-refractivity contribution in [3.05, 3.63) is 35.4 Å². The van der Waals surface area contributed by atoms with Gasteiger partial charge in [-0.2, -0.15) is 0 Å². The molecule has 2 N–H and O–H groups in total. The van der Waals surface area contributed by atoms with Crippen LogP contribution in [0.3, 0.4) is 0 Å². The fourth-order valence-electron chi connectivity index (χ4n) is 4.39. The molecule has 2 aliphatic rings. The molecule has 2 heterocycles. The first kappa shape index (κ1) is 26.7. The summed E-state index contributed by atoms with van der Waals surface area (Å²) in [5, 5.41) is 7.00. The molecule has 0 aromatic heterocycles. The molecule has 0 saturated carbocycles. The van der Waals surface area contributed by atoms with Gasteiger partial charge in [0.05, 0.1) is 19.2 Å². The number of benzene rings is 1. The van der Waals surface area contributed by atoms with Crippen molar-refractivity contribution in [1.82, 2.24) is 20.4 Å². The zero-order valence-corrected chi connectivity index (χ0v) is 22.1. The van der Waals surface area contributed by atoms with Crippen molar-refractivity contribution >= 4 is 36.0 Å². The molecule has 1 aromatic carbocycles. The van der Waals surface area contributed by atoms with E-state index in [9.17, 15) is 4.79 Å². The molecule has 0 aliphatic carbocycles. The van der Waals surface area contributed by atoms with Crippen molar-refractivity contribution in [2.45, 2.75) is 58.5 Å². The standard InChI is InChI=1S/C24H39N5O2.HI/c1-4-25-23(27-21-12-16-29(17-13-21)24(30)31-5-2)26-18-22(28-14-6-7-15-28)20-10-8-19(3)9-11-20;/h8-11,21-22H,4-7,12-18H2,1-3H3,(H2,25,26,27);1H. The highest BCUT2D eigenvalue weighted by Gasteiger charge is 2.25. The molecule has 1 amide bonds. The lowest BCUT2D eigenvalue weighted by molar-refractivity contribution is 0.0963. The number of nitrogens with zero attached hydrogens (tertiary/aromatic N) is 3. The van der Waals surface area contributed by atoms with Gasteiger partial charge >= 0.3 is 6.09 Å². The first-order chi connectivity index (χ1) is 15.1. The van der Waals surface area contributed by atoms with Crippen molar-refractivity contribution in [3.8, 4) is 0 Å². The third kappa shape index (κ3) is 7.79. The Kier molecular flexibility index (Phi) is 11.6. The maximum absolute atomic E-state index is 11.9. The van der Waals surface area contributed by atoms with Crippen LogP contribution in [0.25, 0.3) is 0 Å². The number of carbonyl (C=O) groups is 1. The highest BCUT2D eigenvalue weighted by molar-refractivity contribution is 14.0. The molecule has 2 saturated heterocycles. The number of rotatable bonds is 7. The van der Waals surface area contributed by atoms with Crippen LogP contribution in [-0.2, 0) is 4.74 Å². The van der Waals surface area contributed by atoms with E-state index in [1.807, 2.05) is 6.92 Å². The molecule has 1 unspecified atom stereocenters. The normalized spacial score (nSPS) is 18.7. The Balaban J connectivity index is 0.00000363. The minimum absolute atomic E-state index is 0. The van der Waals surface area contributed by atoms with Gasteiger partial charge in [0.1, 0.15) is 0 Å². The molecule has 2 aliphatic heterocycles. The van der Waals surface area contributed by atoms with E-state index >= 15 is 0 Å². The third-order valence-electron chi connectivity index (χ3n) is 6.17. The number of carbonyl (C=O) groups excluding carboxylic acids is 1. The molecule has 1 aromatic rings. The minimum Gasteiger partial charge on any atom is -0.450 e. The first-order valence-corrected chi connectivity index (χ1v) is 11.9. The van der Waals surface area contributed by atoms with Crippen LogP contribution in [0.15, 0.2) is 29.3 Å². The Bertz CT molecular complexity index is 714. The summed E-state index contributed by atoms with van der Waals surface area (Å²) in [7, 11) is 0. The van der Waals surface area contributed by atoms with Gasteiger partial charge < -0.3 is 20.3 Å². The van der Waals surface area contributed by atoms with Gasteiger partial charge in [-0.15, -0.1) is 24.0 Å². The van der Waals surface area contributed by atoms with Crippen LogP contribution >= 0.6 is 24.0 Å². The topological polar surface area (TPSA) is 69.2 Å². The summed E-state index contributed by atoms with van der Waals surface area (Å²) in [5.74, 6) is 0.869. The summed E-state index contributed by atoms with van der Waals surface area (Å²) in [5.41, 5.74) is 2.63. The van der Waals surface area contributed by atoms with Crippen LogP contribution in [0.4, 0.5) is 4.79 Å². The third-order valence-corrected chi connectivity index (χ3v) is 6.17. The van der Waals surface area contributed by atoms with Gasteiger partial charge in [-0.1, -0.05) is 29.8 Å². The summed E-state index contributed by atoms with van der Waals surface area (Å²) in [4.78, 5) is 21.3. The Hall–Kier alpha value is -1.55. The molecule has 180 valence electrons. The quantitative estimate of drug-likeness (QED) is 0.302. The van der Waals surface area contributed by atoms with Gasteiger partial charge in [-0.05, 0) is 65.1 Å². The van der Waals surface area contributed by atoms with Crippen LogP contribution in [-0.4, -0.2) is 73.8 Å². The van der Waals surface area contributed by atoms with Crippen molar-refractivity contribution in [3.63, 3.8) is 0 Å². The Morgan fingerprint density at radius 3 is 2.38 bits per heavy atom. The van der Waals surface area contributed by atoms with Crippen LogP contribution in [0.5, 0.6) is 0 Å². The van der Waals surface area contributed by atoms with Crippen LogP contribution in [0, 0.1) is 6.92 Å². The average molecular weight is 558 g/mol. The van der Waals surface area contributed by atoms with Crippen LogP contribution in [0.2, 0.25) is 0 Å². The molecule has 7 nitrogen and oxygen atoms in total. The fourth-order valence-corrected chi connectivity index (χ4v) is 4.39. The lowest BCUT2D eigenvalue weighted by Crippen LogP contribution is -2.50. The van der Waals surface area contributed by atoms with E-state index in [-0.39, 0.29) is 30.1 Å². The number of hydrogen-bond acceptors (Lipinski definition) is 4. The van der Waals surface area contributed by atoms with Gasteiger partial charge in [-0.25, -0.2) is 4.79 Å². The largest absolute Gasteiger partial charge is 0.450 e. The highest BCUT2D eigenvalue weighted by Crippen LogP contribution is 2.26. The summed E-state index contributed by atoms with van der Waals surface area (Å²) >= 11 is 0. The first-order valence-electron chi connectivity index (χ1n) is 11.9. The fraction of sp³-hybridized carbons (Fsp3) is 0.667. The summed E-state index contributed by atoms with van der Waals surface area (Å²) in [6.07, 6.45) is 4.13. The maximum Gasteiger partial charge on any atom is 0.409 e. The second kappa shape index (κ2) is 13.9. The molecule has 0 radical (unpaired) electrons. The zero-order valence-electron chi connectivity index (χ0n) is 19.8. The van der Waals surface area contributed by atoms with E-state index in [4.69, 9.17) is 9.73 Å². The highest BCUT2D eigenvalue weighted by atomic mass is 127. The number of halogens is 1. The molecule has 3 rings (SSSR count). The number of amides is 1. The molecule has 8 heteroatoms. The predicted molar refractivity (Wildman–Crippen MR) is 141 cm³/mol. The van der Waals surface area contributed by atoms with E-state index in [0.29, 0.717) is 18.7 Å². The number of ether oxygens (including phenoxy) is 1. The number of aliphatic imine (C=N–C) groups is 1. The molecule has 0 spiro atoms. The second-order valence-electron chi connectivity index (χ2n) is 8.49. The van der Waals surface area contributed by atoms with E-state index < -0.39 is 0 Å². The molecule has 32 heavy (non-hydrogen) atoms. The van der Waals surface area contributed by atoms with Crippen molar-refractivity contribution in [2.24, 2.45) is 4.99 Å². The SMILES string of the molecule is CCNC(=NCC(c1ccc(C)cc1)N1CCCC1)NC1CCN(C(=O)OCC)CC1.I. The lowest BCUT2D eigenvalue weighted by atomic mass is 10.0. The Morgan fingerprint density at radius 2 is 1.78 bits per heavy atom. The Morgan fingerprint density at radius 1 is 1.12 bits per heavy atom. The number of aryl methyl sites for hydroxylation is 1. The van der Waals surface area contributed by atoms with Crippen LogP contribution < -0.4 is 10.6 Å². The van der Waals surface area contributed by atoms with Crippen molar-refractivity contribution < 1.29 is 9.53 Å². The summed E-state index contributed by atoms with van der Waals surface area (Å²) in [6, 6.07) is 9.52. The predicted octanol–water partition coefficient (Wildman–Crippen LogP) is 3.93. The Labute approximate surface area is 210 Å². The number of likely N-dealkylation sites (tertiary alicyclic amines) is 2. The molecule has 0 bridgehead atoms. The summed E-state index contributed by atoms with van der Waals surface area (Å²) < 4.78 is 5.13. The second-order valence-corrected chi connectivity index (χ2v) is 8.49. The van der Waals surface area contributed by atoms with Gasteiger partial charge in [0.25, 0.3) is 0 Å². The maximum atomic E-state index is 11.9. The lowest BCUT2D eigenvalue weighted by Gasteiger charge is -2.32. The zero-order chi connectivity index (χ0) is 22.1. The molecule has 1 atom stereocenters. The van der Waals surface area contributed by atoms with Crippen molar-refractivity contribution in [1.29, 1.82) is 0 Å². The van der Waals surface area contributed by atoms with E-state index in [0.717, 1.165) is 58.1 Å². The molecule has 2 fully saturated rings. The monoisotopic (exact) mass is 557 g/mol. The summed E-state index contributed by atoms with van der Waals surface area (Å²) in [6.45, 7) is 11.8. The number of nitrogens with one attached hydrogen (secondary N) is 2. The van der Waals surface area contributed by atoms with E-state index in [1.165, 1.54) is 24.0 Å². The minimum atomic E-state index is -0.201. The van der Waals surface area contributed by atoms with E-state index in [1.54, 1.807) is 4.90 Å². The van der Waals surface area contributed by atoms with Gasteiger partial charge in [0.2, 0.25) is 0 Å². The van der Waals surface area contributed by atoms with Crippen molar-refractivity contribution in [2.75, 3.05) is 45.9 Å². The number of guanidine groups is 1. The molecular formula is C24H40IN5O2. The number of piperidine rings is 1. The van der Waals surface area contributed by atoms with Crippen LogP contribution in [0.1, 0.15) is 56.7 Å².